The van der Waals surface area contributed by atoms with Crippen molar-refractivity contribution in [2.45, 2.75) is 18.6 Å². The summed E-state index contributed by atoms with van der Waals surface area (Å²) in [7, 11) is -4.54. The second kappa shape index (κ2) is 6.87. The van der Waals surface area contributed by atoms with E-state index in [0.29, 0.717) is 5.56 Å². The quantitative estimate of drug-likeness (QED) is 0.684. The third-order valence-corrected chi connectivity index (χ3v) is 3.05. The number of carbonyl (C=O) groups is 1. The Morgan fingerprint density at radius 1 is 1.24 bits per heavy atom. The van der Waals surface area contributed by atoms with E-state index >= 15 is 0 Å². The Morgan fingerprint density at radius 3 is 2.29 bits per heavy atom. The summed E-state index contributed by atoms with van der Waals surface area (Å²) in [6.07, 6.45) is -5.16. The van der Waals surface area contributed by atoms with Crippen LogP contribution in [0, 0.1) is 0 Å². The van der Waals surface area contributed by atoms with Crippen LogP contribution in [0.25, 0.3) is 0 Å². The number of carbonyl (C=O) groups excluding carboxylic acids is 1. The molecule has 0 radical (unpaired) electrons. The van der Waals surface area contributed by atoms with Crippen LogP contribution in [-0.4, -0.2) is 31.6 Å². The van der Waals surface area contributed by atoms with E-state index in [1.54, 1.807) is 23.5 Å². The van der Waals surface area contributed by atoms with Crippen molar-refractivity contribution in [3.63, 3.8) is 0 Å². The van der Waals surface area contributed by atoms with Crippen molar-refractivity contribution < 1.29 is 30.9 Å². The highest BCUT2D eigenvalue weighted by Gasteiger charge is 2.38. The Bertz CT molecular complexity index is 575. The van der Waals surface area contributed by atoms with Crippen molar-refractivity contribution in [3.8, 4) is 0 Å². The van der Waals surface area contributed by atoms with Gasteiger partial charge in [0.15, 0.2) is 0 Å². The molecule has 3 N–H and O–H groups in total. The van der Waals surface area contributed by atoms with E-state index in [1.807, 2.05) is 4.72 Å². The first-order valence-electron chi connectivity index (χ1n) is 5.74. The third kappa shape index (κ3) is 6.56. The molecule has 0 spiro atoms. The number of nitrogens with one attached hydrogen (secondary N) is 2. The third-order valence-electron chi connectivity index (χ3n) is 2.47. The standard InChI is InChI=1S/C11H13F3N2O4S/c12-11(13,14)10(17)15-7-6-9(16-21(18,19)20)8-4-2-1-3-5-8/h1-5,9,16H,6-7H2,(H,15,17)(H,18,19,20). The predicted molar refractivity (Wildman–Crippen MR) is 67.5 cm³/mol. The van der Waals surface area contributed by atoms with Crippen LogP contribution >= 0.6 is 0 Å². The maximum absolute atomic E-state index is 12.0. The van der Waals surface area contributed by atoms with E-state index in [0.717, 1.165) is 0 Å². The molecule has 0 aromatic heterocycles. The zero-order chi connectivity index (χ0) is 16.1. The molecule has 0 aliphatic heterocycles. The number of hydrogen-bond donors (Lipinski definition) is 3. The number of alkyl halides is 3. The SMILES string of the molecule is O=C(NCCC(NS(=O)(=O)O)c1ccccc1)C(F)(F)F. The lowest BCUT2D eigenvalue weighted by Gasteiger charge is -2.17. The summed E-state index contributed by atoms with van der Waals surface area (Å²) in [5.41, 5.74) is 0.441. The number of rotatable bonds is 6. The van der Waals surface area contributed by atoms with Gasteiger partial charge in [-0.1, -0.05) is 30.3 Å². The van der Waals surface area contributed by atoms with E-state index in [-0.39, 0.29) is 6.42 Å². The van der Waals surface area contributed by atoms with Crippen LogP contribution in [0.1, 0.15) is 18.0 Å². The van der Waals surface area contributed by atoms with Crippen LogP contribution < -0.4 is 10.0 Å². The van der Waals surface area contributed by atoms with E-state index in [1.165, 1.54) is 12.1 Å². The van der Waals surface area contributed by atoms with Crippen molar-refractivity contribution in [3.05, 3.63) is 35.9 Å². The van der Waals surface area contributed by atoms with Gasteiger partial charge in [-0.15, -0.1) is 0 Å². The van der Waals surface area contributed by atoms with Crippen molar-refractivity contribution in [2.24, 2.45) is 0 Å². The molecule has 10 heteroatoms. The number of halogens is 3. The molecule has 0 saturated carbocycles. The van der Waals surface area contributed by atoms with E-state index in [2.05, 4.69) is 0 Å². The number of benzene rings is 1. The average molecular weight is 326 g/mol. The number of hydrogen-bond acceptors (Lipinski definition) is 3. The van der Waals surface area contributed by atoms with Crippen molar-refractivity contribution in [2.75, 3.05) is 6.54 Å². The molecule has 0 fully saturated rings. The first-order valence-corrected chi connectivity index (χ1v) is 7.18. The summed E-state index contributed by atoms with van der Waals surface area (Å²) in [5, 5.41) is 1.63. The fourth-order valence-corrected chi connectivity index (χ4v) is 2.20. The smallest absolute Gasteiger partial charge is 0.348 e. The second-order valence-electron chi connectivity index (χ2n) is 4.10. The fraction of sp³-hybridized carbons (Fsp3) is 0.364. The van der Waals surface area contributed by atoms with Gasteiger partial charge in [0.05, 0.1) is 6.04 Å². The van der Waals surface area contributed by atoms with Gasteiger partial charge in [0.1, 0.15) is 0 Å². The summed E-state index contributed by atoms with van der Waals surface area (Å²) in [6.45, 7) is -0.416. The molecule has 1 amide bonds. The van der Waals surface area contributed by atoms with Crippen LogP contribution in [0.5, 0.6) is 0 Å². The van der Waals surface area contributed by atoms with Crippen molar-refractivity contribution >= 4 is 16.2 Å². The minimum Gasteiger partial charge on any atom is -0.348 e. The second-order valence-corrected chi connectivity index (χ2v) is 5.28. The van der Waals surface area contributed by atoms with Crippen LogP contribution in [-0.2, 0) is 15.1 Å². The molecule has 0 bridgehead atoms. The molecule has 1 unspecified atom stereocenters. The van der Waals surface area contributed by atoms with Gasteiger partial charge in [0.25, 0.3) is 0 Å². The molecular weight excluding hydrogens is 313 g/mol. The molecular formula is C11H13F3N2O4S. The summed E-state index contributed by atoms with van der Waals surface area (Å²) < 4.78 is 68.4. The van der Waals surface area contributed by atoms with Gasteiger partial charge in [-0.25, -0.2) is 0 Å². The molecule has 0 saturated heterocycles. The molecule has 0 aliphatic rings. The Morgan fingerprint density at radius 2 is 1.81 bits per heavy atom. The first kappa shape index (κ1) is 17.4. The van der Waals surface area contributed by atoms with Gasteiger partial charge in [0, 0.05) is 6.54 Å². The van der Waals surface area contributed by atoms with Crippen LogP contribution in [0.4, 0.5) is 13.2 Å². The molecule has 1 rings (SSSR count). The van der Waals surface area contributed by atoms with Crippen molar-refractivity contribution in [1.82, 2.24) is 10.0 Å². The zero-order valence-electron chi connectivity index (χ0n) is 10.6. The lowest BCUT2D eigenvalue weighted by Crippen LogP contribution is -2.39. The average Bonchev–Trinajstić information content (AvgIpc) is 2.36. The first-order chi connectivity index (χ1) is 9.59. The summed E-state index contributed by atoms with van der Waals surface area (Å²) >= 11 is 0. The van der Waals surface area contributed by atoms with E-state index in [4.69, 9.17) is 4.55 Å². The van der Waals surface area contributed by atoms with Crippen LogP contribution in [0.3, 0.4) is 0 Å². The molecule has 1 aromatic rings. The van der Waals surface area contributed by atoms with E-state index in [9.17, 15) is 26.4 Å². The predicted octanol–water partition coefficient (Wildman–Crippen LogP) is 1.19. The highest BCUT2D eigenvalue weighted by Crippen LogP contribution is 2.18. The molecule has 1 aromatic carbocycles. The Kier molecular flexibility index (Phi) is 5.70. The highest BCUT2D eigenvalue weighted by atomic mass is 32.2. The topological polar surface area (TPSA) is 95.5 Å². The normalized spacial score (nSPS) is 13.7. The Hall–Kier alpha value is -1.65. The monoisotopic (exact) mass is 326 g/mol. The molecule has 6 nitrogen and oxygen atoms in total. The van der Waals surface area contributed by atoms with Gasteiger partial charge in [-0.05, 0) is 12.0 Å². The number of amides is 1. The van der Waals surface area contributed by atoms with Crippen molar-refractivity contribution in [1.29, 1.82) is 0 Å². The van der Waals surface area contributed by atoms with Crippen LogP contribution in [0.2, 0.25) is 0 Å². The molecule has 0 aliphatic carbocycles. The fourth-order valence-electron chi connectivity index (χ4n) is 1.59. The lowest BCUT2D eigenvalue weighted by atomic mass is 10.1. The maximum Gasteiger partial charge on any atom is 0.471 e. The Labute approximate surface area is 119 Å². The van der Waals surface area contributed by atoms with Gasteiger partial charge >= 0.3 is 22.4 Å². The minimum absolute atomic E-state index is 0.161. The Balaban J connectivity index is 2.69. The zero-order valence-corrected chi connectivity index (χ0v) is 11.4. The lowest BCUT2D eigenvalue weighted by molar-refractivity contribution is -0.173. The van der Waals surface area contributed by atoms with Gasteiger partial charge in [-0.3, -0.25) is 9.35 Å². The summed E-state index contributed by atoms with van der Waals surface area (Å²) in [5.74, 6) is -2.11. The van der Waals surface area contributed by atoms with Gasteiger partial charge in [-0.2, -0.15) is 26.3 Å². The maximum atomic E-state index is 12.0. The van der Waals surface area contributed by atoms with Gasteiger partial charge in [0.2, 0.25) is 0 Å². The summed E-state index contributed by atoms with van der Waals surface area (Å²) in [4.78, 5) is 10.6. The minimum atomic E-state index is -5.00. The summed E-state index contributed by atoms with van der Waals surface area (Å²) in [6, 6.07) is 6.97. The molecule has 21 heavy (non-hydrogen) atoms. The highest BCUT2D eigenvalue weighted by molar-refractivity contribution is 7.83. The molecule has 0 heterocycles. The molecule has 118 valence electrons. The van der Waals surface area contributed by atoms with E-state index < -0.39 is 35.0 Å². The van der Waals surface area contributed by atoms with Crippen LogP contribution in [0.15, 0.2) is 30.3 Å². The largest absolute Gasteiger partial charge is 0.471 e. The molecule has 1 atom stereocenters. The van der Waals surface area contributed by atoms with Gasteiger partial charge < -0.3 is 5.32 Å².